The maximum atomic E-state index is 12.2. The van der Waals surface area contributed by atoms with Crippen molar-refractivity contribution in [3.8, 4) is 0 Å². The number of rotatable bonds is 6. The molecule has 0 N–H and O–H groups in total. The smallest absolute Gasteiger partial charge is 0.223 e. The molecule has 0 aliphatic rings. The van der Waals surface area contributed by atoms with E-state index in [1.807, 2.05) is 6.07 Å². The van der Waals surface area contributed by atoms with Crippen LogP contribution in [0.3, 0.4) is 0 Å². The largest absolute Gasteiger partial charge is 0.341 e. The van der Waals surface area contributed by atoms with Crippen LogP contribution in [0.15, 0.2) is 53.4 Å². The van der Waals surface area contributed by atoms with E-state index in [9.17, 15) is 13.2 Å². The first-order valence-corrected chi connectivity index (χ1v) is 9.65. The molecule has 2 rings (SSSR count). The molecule has 1 amide bonds. The number of sulfone groups is 1. The first kappa shape index (κ1) is 18.8. The predicted molar refractivity (Wildman–Crippen MR) is 96.0 cm³/mol. The van der Waals surface area contributed by atoms with Crippen molar-refractivity contribution in [3.63, 3.8) is 0 Å². The highest BCUT2D eigenvalue weighted by atomic mass is 35.5. The topological polar surface area (TPSA) is 54.5 Å². The maximum absolute atomic E-state index is 12.2. The highest BCUT2D eigenvalue weighted by molar-refractivity contribution is 7.91. The first-order valence-electron chi connectivity index (χ1n) is 7.25. The summed E-state index contributed by atoms with van der Waals surface area (Å²) < 4.78 is 24.5. The zero-order chi connectivity index (χ0) is 17.7. The van der Waals surface area contributed by atoms with Crippen LogP contribution in [0.4, 0.5) is 0 Å². The third kappa shape index (κ3) is 5.23. The minimum absolute atomic E-state index is 0.0813. The Labute approximate surface area is 151 Å². The number of hydrogen-bond donors (Lipinski definition) is 0. The van der Waals surface area contributed by atoms with E-state index in [2.05, 4.69) is 0 Å². The van der Waals surface area contributed by atoms with Gasteiger partial charge >= 0.3 is 0 Å². The Bertz CT molecular complexity index is 820. The number of carbonyl (C=O) groups excluding carboxylic acids is 1. The van der Waals surface area contributed by atoms with Gasteiger partial charge in [-0.25, -0.2) is 8.42 Å². The molecule has 0 spiro atoms. The van der Waals surface area contributed by atoms with E-state index in [1.165, 1.54) is 29.2 Å². The Hall–Kier alpha value is -1.56. The standard InChI is InChI=1S/C17H17Cl2NO3S/c1-20(12-13-3-2-4-15(19)11-13)17(21)9-10-24(22,23)16-7-5-14(18)6-8-16/h2-8,11H,9-10,12H2,1H3. The highest BCUT2D eigenvalue weighted by Crippen LogP contribution is 2.17. The van der Waals surface area contributed by atoms with Crippen molar-refractivity contribution in [1.82, 2.24) is 4.90 Å². The Morgan fingerprint density at radius 3 is 2.33 bits per heavy atom. The van der Waals surface area contributed by atoms with Gasteiger partial charge in [-0.1, -0.05) is 35.3 Å². The zero-order valence-corrected chi connectivity index (χ0v) is 15.4. The van der Waals surface area contributed by atoms with Gasteiger partial charge in [-0.3, -0.25) is 4.79 Å². The van der Waals surface area contributed by atoms with Crippen LogP contribution in [0.25, 0.3) is 0 Å². The monoisotopic (exact) mass is 385 g/mol. The van der Waals surface area contributed by atoms with Gasteiger partial charge in [0.15, 0.2) is 9.84 Å². The lowest BCUT2D eigenvalue weighted by Gasteiger charge is -2.17. The molecule has 2 aromatic rings. The summed E-state index contributed by atoms with van der Waals surface area (Å²) in [4.78, 5) is 13.8. The lowest BCUT2D eigenvalue weighted by molar-refractivity contribution is -0.130. The number of benzene rings is 2. The number of halogens is 2. The van der Waals surface area contributed by atoms with E-state index in [0.717, 1.165) is 5.56 Å². The molecule has 7 heteroatoms. The fraction of sp³-hybridized carbons (Fsp3) is 0.235. The molecule has 0 bridgehead atoms. The van der Waals surface area contributed by atoms with Gasteiger partial charge in [-0.2, -0.15) is 0 Å². The van der Waals surface area contributed by atoms with E-state index in [4.69, 9.17) is 23.2 Å². The molecule has 128 valence electrons. The lowest BCUT2D eigenvalue weighted by atomic mass is 10.2. The van der Waals surface area contributed by atoms with Gasteiger partial charge in [0.1, 0.15) is 0 Å². The van der Waals surface area contributed by atoms with Gasteiger partial charge in [0.05, 0.1) is 10.6 Å². The second-order valence-electron chi connectivity index (χ2n) is 5.40. The fourth-order valence-electron chi connectivity index (χ4n) is 2.17. The summed E-state index contributed by atoms with van der Waals surface area (Å²) in [6.07, 6.45) is -0.0813. The van der Waals surface area contributed by atoms with Gasteiger partial charge in [0.25, 0.3) is 0 Å². The van der Waals surface area contributed by atoms with Gasteiger partial charge in [-0.05, 0) is 42.0 Å². The normalized spacial score (nSPS) is 11.3. The van der Waals surface area contributed by atoms with Crippen molar-refractivity contribution in [1.29, 1.82) is 0 Å². The zero-order valence-electron chi connectivity index (χ0n) is 13.1. The van der Waals surface area contributed by atoms with E-state index in [0.29, 0.717) is 16.6 Å². The van der Waals surface area contributed by atoms with Crippen LogP contribution in [-0.4, -0.2) is 32.0 Å². The fourth-order valence-corrected chi connectivity index (χ4v) is 3.74. The van der Waals surface area contributed by atoms with Gasteiger partial charge < -0.3 is 4.90 Å². The van der Waals surface area contributed by atoms with E-state index < -0.39 is 9.84 Å². The summed E-state index contributed by atoms with van der Waals surface area (Å²) in [6, 6.07) is 13.1. The van der Waals surface area contributed by atoms with Gasteiger partial charge in [0, 0.05) is 30.1 Å². The molecule has 0 heterocycles. The molecule has 4 nitrogen and oxygen atoms in total. The molecule has 0 fully saturated rings. The predicted octanol–water partition coefficient (Wildman–Crippen LogP) is 3.82. The lowest BCUT2D eigenvalue weighted by Crippen LogP contribution is -2.28. The maximum Gasteiger partial charge on any atom is 0.223 e. The second-order valence-corrected chi connectivity index (χ2v) is 8.38. The summed E-state index contributed by atoms with van der Waals surface area (Å²) in [7, 11) is -1.88. The van der Waals surface area contributed by atoms with Crippen molar-refractivity contribution < 1.29 is 13.2 Å². The average molecular weight is 386 g/mol. The molecule has 0 aliphatic heterocycles. The number of carbonyl (C=O) groups is 1. The molecule has 0 saturated carbocycles. The SMILES string of the molecule is CN(Cc1cccc(Cl)c1)C(=O)CCS(=O)(=O)c1ccc(Cl)cc1. The molecular weight excluding hydrogens is 369 g/mol. The van der Waals surface area contributed by atoms with Crippen molar-refractivity contribution >= 4 is 38.9 Å². The van der Waals surface area contributed by atoms with Crippen LogP contribution in [-0.2, 0) is 21.2 Å². The summed E-state index contributed by atoms with van der Waals surface area (Å²) in [5, 5.41) is 1.06. The van der Waals surface area contributed by atoms with E-state index in [-0.39, 0.29) is 23.0 Å². The molecule has 0 saturated heterocycles. The number of nitrogens with zero attached hydrogens (tertiary/aromatic N) is 1. The van der Waals surface area contributed by atoms with Crippen LogP contribution in [0.1, 0.15) is 12.0 Å². The summed E-state index contributed by atoms with van der Waals surface area (Å²) >= 11 is 11.7. The van der Waals surface area contributed by atoms with Crippen LogP contribution >= 0.6 is 23.2 Å². The van der Waals surface area contributed by atoms with E-state index >= 15 is 0 Å². The Balaban J connectivity index is 1.95. The average Bonchev–Trinajstić information content (AvgIpc) is 2.53. The molecule has 0 atom stereocenters. The highest BCUT2D eigenvalue weighted by Gasteiger charge is 2.18. The minimum Gasteiger partial charge on any atom is -0.341 e. The second kappa shape index (κ2) is 8.01. The van der Waals surface area contributed by atoms with Crippen molar-refractivity contribution in [2.45, 2.75) is 17.9 Å². The molecule has 2 aromatic carbocycles. The molecule has 0 aliphatic carbocycles. The molecular formula is C17H17Cl2NO3S. The van der Waals surface area contributed by atoms with E-state index in [1.54, 1.807) is 25.2 Å². The molecule has 0 aromatic heterocycles. The van der Waals surface area contributed by atoms with Gasteiger partial charge in [-0.15, -0.1) is 0 Å². The quantitative estimate of drug-likeness (QED) is 0.759. The van der Waals surface area contributed by atoms with Crippen molar-refractivity contribution in [2.75, 3.05) is 12.8 Å². The molecule has 0 unspecified atom stereocenters. The summed E-state index contributed by atoms with van der Waals surface area (Å²) in [5.41, 5.74) is 0.888. The van der Waals surface area contributed by atoms with Crippen molar-refractivity contribution in [2.24, 2.45) is 0 Å². The molecule has 24 heavy (non-hydrogen) atoms. The van der Waals surface area contributed by atoms with Crippen LogP contribution in [0.2, 0.25) is 10.0 Å². The Morgan fingerprint density at radius 2 is 1.71 bits per heavy atom. The van der Waals surface area contributed by atoms with Gasteiger partial charge in [0.2, 0.25) is 5.91 Å². The summed E-state index contributed by atoms with van der Waals surface area (Å²) in [6.45, 7) is 0.375. The summed E-state index contributed by atoms with van der Waals surface area (Å²) in [5.74, 6) is -0.486. The van der Waals surface area contributed by atoms with Crippen LogP contribution < -0.4 is 0 Å². The number of amides is 1. The third-order valence-corrected chi connectivity index (χ3v) is 5.71. The number of hydrogen-bond acceptors (Lipinski definition) is 3. The van der Waals surface area contributed by atoms with Crippen LogP contribution in [0, 0.1) is 0 Å². The van der Waals surface area contributed by atoms with Crippen molar-refractivity contribution in [3.05, 3.63) is 64.1 Å². The molecule has 0 radical (unpaired) electrons. The minimum atomic E-state index is -3.51. The Kier molecular flexibility index (Phi) is 6.27. The Morgan fingerprint density at radius 1 is 1.04 bits per heavy atom. The van der Waals surface area contributed by atoms with Crippen LogP contribution in [0.5, 0.6) is 0 Å². The first-order chi connectivity index (χ1) is 11.3. The third-order valence-electron chi connectivity index (χ3n) is 3.49.